The standard InChI is InChI=1S/C13H18ClN3O4S/c1-16-12(9(14)7-15-16)22(20,21)17-10-5-3-2-4-8(10)6-11(17)13(18)19/h7-8,10-11H,2-6H2,1H3,(H,18,19). The zero-order valence-corrected chi connectivity index (χ0v) is 13.7. The normalized spacial score (nSPS) is 29.5. The van der Waals surface area contributed by atoms with Crippen molar-refractivity contribution in [3.05, 3.63) is 11.2 Å². The van der Waals surface area contributed by atoms with Gasteiger partial charge in [0.15, 0.2) is 5.03 Å². The van der Waals surface area contributed by atoms with Crippen molar-refractivity contribution in [1.29, 1.82) is 0 Å². The fourth-order valence-corrected chi connectivity index (χ4v) is 6.25. The van der Waals surface area contributed by atoms with E-state index in [9.17, 15) is 18.3 Å². The smallest absolute Gasteiger partial charge is 0.322 e. The molecule has 1 aromatic rings. The Labute approximate surface area is 133 Å². The Bertz CT molecular complexity index is 683. The predicted octanol–water partition coefficient (Wildman–Crippen LogP) is 1.48. The van der Waals surface area contributed by atoms with Gasteiger partial charge in [-0.05, 0) is 25.2 Å². The molecule has 0 amide bonds. The van der Waals surface area contributed by atoms with E-state index in [0.29, 0.717) is 12.8 Å². The monoisotopic (exact) mass is 347 g/mol. The molecule has 1 saturated heterocycles. The fourth-order valence-electron chi connectivity index (χ4n) is 3.76. The van der Waals surface area contributed by atoms with Crippen LogP contribution in [0.4, 0.5) is 0 Å². The van der Waals surface area contributed by atoms with Crippen molar-refractivity contribution in [3.8, 4) is 0 Å². The number of aromatic nitrogens is 2. The van der Waals surface area contributed by atoms with Gasteiger partial charge >= 0.3 is 5.97 Å². The second-order valence-electron chi connectivity index (χ2n) is 5.96. The molecule has 22 heavy (non-hydrogen) atoms. The molecular weight excluding hydrogens is 330 g/mol. The van der Waals surface area contributed by atoms with Gasteiger partial charge in [0.05, 0.1) is 11.2 Å². The van der Waals surface area contributed by atoms with Crippen molar-refractivity contribution < 1.29 is 18.3 Å². The van der Waals surface area contributed by atoms with Gasteiger partial charge in [0.2, 0.25) is 0 Å². The lowest BCUT2D eigenvalue weighted by Crippen LogP contribution is -2.46. The molecule has 2 fully saturated rings. The first-order chi connectivity index (χ1) is 10.3. The molecule has 3 atom stereocenters. The summed E-state index contributed by atoms with van der Waals surface area (Å²) < 4.78 is 28.4. The zero-order valence-electron chi connectivity index (χ0n) is 12.1. The molecule has 3 unspecified atom stereocenters. The van der Waals surface area contributed by atoms with Crippen LogP contribution in [0.25, 0.3) is 0 Å². The molecule has 9 heteroatoms. The highest BCUT2D eigenvalue weighted by Crippen LogP contribution is 2.43. The van der Waals surface area contributed by atoms with Crippen LogP contribution in [-0.4, -0.2) is 45.7 Å². The van der Waals surface area contributed by atoms with E-state index in [4.69, 9.17) is 11.6 Å². The van der Waals surface area contributed by atoms with Crippen LogP contribution < -0.4 is 0 Å². The molecule has 1 aromatic heterocycles. The van der Waals surface area contributed by atoms with E-state index in [1.165, 1.54) is 22.2 Å². The number of halogens is 1. The number of carboxylic acid groups (broad SMARTS) is 1. The molecule has 7 nitrogen and oxygen atoms in total. The number of hydrogen-bond acceptors (Lipinski definition) is 4. The fraction of sp³-hybridized carbons (Fsp3) is 0.692. The largest absolute Gasteiger partial charge is 0.480 e. The second-order valence-corrected chi connectivity index (χ2v) is 8.12. The van der Waals surface area contributed by atoms with Crippen molar-refractivity contribution in [2.24, 2.45) is 13.0 Å². The lowest BCUT2D eigenvalue weighted by Gasteiger charge is -2.32. The molecule has 0 radical (unpaired) electrons. The molecule has 0 bridgehead atoms. The molecule has 0 aromatic carbocycles. The maximum atomic E-state index is 13.0. The van der Waals surface area contributed by atoms with Crippen molar-refractivity contribution in [3.63, 3.8) is 0 Å². The Hall–Kier alpha value is -1.12. The molecule has 0 spiro atoms. The van der Waals surface area contributed by atoms with Gasteiger partial charge < -0.3 is 5.11 Å². The Balaban J connectivity index is 2.08. The Morgan fingerprint density at radius 3 is 2.68 bits per heavy atom. The lowest BCUT2D eigenvalue weighted by molar-refractivity contribution is -0.141. The summed E-state index contributed by atoms with van der Waals surface area (Å²) in [6.45, 7) is 0. The molecule has 3 rings (SSSR count). The number of nitrogens with zero attached hydrogens (tertiary/aromatic N) is 3. The van der Waals surface area contributed by atoms with Crippen LogP contribution in [-0.2, 0) is 21.9 Å². The third-order valence-corrected chi connectivity index (χ3v) is 7.12. The summed E-state index contributed by atoms with van der Waals surface area (Å²) in [5.74, 6) is -0.993. The number of rotatable bonds is 3. The Morgan fingerprint density at radius 1 is 1.41 bits per heavy atom. The van der Waals surface area contributed by atoms with Crippen LogP contribution in [0.15, 0.2) is 11.2 Å². The molecule has 122 valence electrons. The molecule has 1 aliphatic carbocycles. The minimum absolute atomic E-state index is 0.0194. The number of aliphatic carboxylic acids is 1. The van der Waals surface area contributed by atoms with E-state index in [2.05, 4.69) is 5.10 Å². The van der Waals surface area contributed by atoms with Gasteiger partial charge in [-0.2, -0.15) is 9.40 Å². The van der Waals surface area contributed by atoms with E-state index < -0.39 is 22.0 Å². The maximum absolute atomic E-state index is 13.0. The highest BCUT2D eigenvalue weighted by molar-refractivity contribution is 7.89. The van der Waals surface area contributed by atoms with E-state index in [1.54, 1.807) is 0 Å². The molecule has 2 aliphatic rings. The first kappa shape index (κ1) is 15.8. The maximum Gasteiger partial charge on any atom is 0.322 e. The summed E-state index contributed by atoms with van der Waals surface area (Å²) in [6.07, 6.45) is 5.14. The van der Waals surface area contributed by atoms with Gasteiger partial charge in [-0.25, -0.2) is 8.42 Å². The van der Waals surface area contributed by atoms with Crippen LogP contribution in [0.5, 0.6) is 0 Å². The summed E-state index contributed by atoms with van der Waals surface area (Å²) in [4.78, 5) is 11.6. The van der Waals surface area contributed by atoms with Gasteiger partial charge in [0.1, 0.15) is 6.04 Å². The van der Waals surface area contributed by atoms with E-state index in [1.807, 2.05) is 0 Å². The second kappa shape index (κ2) is 5.50. The van der Waals surface area contributed by atoms with E-state index >= 15 is 0 Å². The van der Waals surface area contributed by atoms with Gasteiger partial charge in [-0.3, -0.25) is 9.48 Å². The van der Waals surface area contributed by atoms with Gasteiger partial charge in [-0.15, -0.1) is 0 Å². The minimum Gasteiger partial charge on any atom is -0.480 e. The number of hydrogen-bond donors (Lipinski definition) is 1. The lowest BCUT2D eigenvalue weighted by atomic mass is 9.85. The summed E-state index contributed by atoms with van der Waals surface area (Å²) in [7, 11) is -2.51. The summed E-state index contributed by atoms with van der Waals surface area (Å²) >= 11 is 5.97. The van der Waals surface area contributed by atoms with Gasteiger partial charge in [-0.1, -0.05) is 24.4 Å². The minimum atomic E-state index is -4.00. The summed E-state index contributed by atoms with van der Waals surface area (Å²) in [6, 6.07) is -1.28. The average molecular weight is 348 g/mol. The SMILES string of the molecule is Cn1ncc(Cl)c1S(=O)(=O)N1C(C(=O)O)CC2CCCCC21. The van der Waals surface area contributed by atoms with Crippen molar-refractivity contribution >= 4 is 27.6 Å². The molecular formula is C13H18ClN3O4S. The van der Waals surface area contributed by atoms with Crippen molar-refractivity contribution in [1.82, 2.24) is 14.1 Å². The first-order valence-corrected chi connectivity index (χ1v) is 9.09. The van der Waals surface area contributed by atoms with Crippen LogP contribution in [0.2, 0.25) is 5.02 Å². The number of carboxylic acids is 1. The number of carbonyl (C=O) groups is 1. The highest BCUT2D eigenvalue weighted by Gasteiger charge is 2.52. The number of sulfonamides is 1. The average Bonchev–Trinajstić information content (AvgIpc) is 3.00. The van der Waals surface area contributed by atoms with Gasteiger partial charge in [0, 0.05) is 13.1 Å². The number of fused-ring (bicyclic) bond motifs is 1. The highest BCUT2D eigenvalue weighted by atomic mass is 35.5. The molecule has 1 aliphatic heterocycles. The van der Waals surface area contributed by atoms with Crippen molar-refractivity contribution in [2.75, 3.05) is 0 Å². The third kappa shape index (κ3) is 2.33. The van der Waals surface area contributed by atoms with Crippen LogP contribution in [0.1, 0.15) is 32.1 Å². The van der Waals surface area contributed by atoms with Crippen LogP contribution in [0.3, 0.4) is 0 Å². The molecule has 1 N–H and O–H groups in total. The van der Waals surface area contributed by atoms with Crippen molar-refractivity contribution in [2.45, 2.75) is 49.2 Å². The zero-order chi connectivity index (χ0) is 16.1. The van der Waals surface area contributed by atoms with Crippen LogP contribution in [0, 0.1) is 5.92 Å². The van der Waals surface area contributed by atoms with Gasteiger partial charge in [0.25, 0.3) is 10.0 Å². The summed E-state index contributed by atoms with van der Waals surface area (Å²) in [5, 5.41) is 13.2. The molecule has 1 saturated carbocycles. The summed E-state index contributed by atoms with van der Waals surface area (Å²) in [5.41, 5.74) is 0. The Morgan fingerprint density at radius 2 is 2.09 bits per heavy atom. The number of aryl methyl sites for hydroxylation is 1. The molecule has 2 heterocycles. The van der Waals surface area contributed by atoms with E-state index in [-0.39, 0.29) is 22.0 Å². The van der Waals surface area contributed by atoms with Crippen LogP contribution >= 0.6 is 11.6 Å². The topological polar surface area (TPSA) is 92.5 Å². The quantitative estimate of drug-likeness (QED) is 0.894. The van der Waals surface area contributed by atoms with E-state index in [0.717, 1.165) is 19.3 Å². The third-order valence-electron chi connectivity index (χ3n) is 4.68. The first-order valence-electron chi connectivity index (χ1n) is 7.28. The predicted molar refractivity (Wildman–Crippen MR) is 79.0 cm³/mol. The Kier molecular flexibility index (Phi) is 3.94.